The van der Waals surface area contributed by atoms with Gasteiger partial charge in [-0.25, -0.2) is 0 Å². The molecule has 0 aliphatic carbocycles. The summed E-state index contributed by atoms with van der Waals surface area (Å²) < 4.78 is 0. The maximum Gasteiger partial charge on any atom is 0.254 e. The van der Waals surface area contributed by atoms with Crippen LogP contribution in [0.5, 0.6) is 0 Å². The third kappa shape index (κ3) is 3.68. The summed E-state index contributed by atoms with van der Waals surface area (Å²) in [7, 11) is 2.18. The summed E-state index contributed by atoms with van der Waals surface area (Å²) in [5.41, 5.74) is -1.24. The van der Waals surface area contributed by atoms with Crippen LogP contribution in [0, 0.1) is 0 Å². The lowest BCUT2D eigenvalue weighted by molar-refractivity contribution is -0.150. The Labute approximate surface area is 116 Å². The first kappa shape index (κ1) is 14.8. The van der Waals surface area contributed by atoms with E-state index in [-0.39, 0.29) is 5.91 Å². The van der Waals surface area contributed by atoms with E-state index in [0.717, 1.165) is 32.7 Å². The van der Waals surface area contributed by atoms with E-state index in [9.17, 15) is 9.90 Å². The maximum atomic E-state index is 12.0. The summed E-state index contributed by atoms with van der Waals surface area (Å²) in [6, 6.07) is 0.637. The van der Waals surface area contributed by atoms with Crippen molar-refractivity contribution in [3.05, 3.63) is 0 Å². The highest BCUT2D eigenvalue weighted by atomic mass is 16.3. The number of carbonyl (C=O) groups is 1. The van der Waals surface area contributed by atoms with Gasteiger partial charge in [0, 0.05) is 38.8 Å². The van der Waals surface area contributed by atoms with Gasteiger partial charge in [-0.05, 0) is 40.3 Å². The second-order valence-electron chi connectivity index (χ2n) is 6.45. The number of carbonyl (C=O) groups excluding carboxylic acids is 1. The Balaban J connectivity index is 1.84. The molecule has 5 nitrogen and oxygen atoms in total. The Bertz CT molecular complexity index is 319. The molecule has 110 valence electrons. The van der Waals surface area contributed by atoms with Gasteiger partial charge in [-0.2, -0.15) is 0 Å². The number of amides is 1. The zero-order chi connectivity index (χ0) is 14.0. The quantitative estimate of drug-likeness (QED) is 0.766. The van der Waals surface area contributed by atoms with Crippen LogP contribution in [0.1, 0.15) is 26.7 Å². The number of nitrogens with zero attached hydrogens (tertiary/aromatic N) is 3. The molecule has 0 aromatic heterocycles. The summed E-state index contributed by atoms with van der Waals surface area (Å²) in [5, 5.41) is 9.78. The predicted molar refractivity (Wildman–Crippen MR) is 75.0 cm³/mol. The molecule has 0 saturated carbocycles. The van der Waals surface area contributed by atoms with Gasteiger partial charge in [-0.1, -0.05) is 0 Å². The second-order valence-corrected chi connectivity index (χ2v) is 6.45. The Morgan fingerprint density at radius 1 is 1.16 bits per heavy atom. The van der Waals surface area contributed by atoms with Crippen LogP contribution in [0.2, 0.25) is 0 Å². The van der Waals surface area contributed by atoms with Gasteiger partial charge in [0.2, 0.25) is 0 Å². The van der Waals surface area contributed by atoms with Crippen molar-refractivity contribution in [1.82, 2.24) is 14.7 Å². The van der Waals surface area contributed by atoms with Crippen LogP contribution in [0.4, 0.5) is 0 Å². The number of hydrogen-bond donors (Lipinski definition) is 1. The Kier molecular flexibility index (Phi) is 4.48. The number of likely N-dealkylation sites (tertiary alicyclic amines) is 1. The summed E-state index contributed by atoms with van der Waals surface area (Å²) >= 11 is 0. The zero-order valence-corrected chi connectivity index (χ0v) is 12.4. The summed E-state index contributed by atoms with van der Waals surface area (Å²) in [4.78, 5) is 18.7. The number of likely N-dealkylation sites (N-methyl/N-ethyl adjacent to an activating group) is 1. The fourth-order valence-electron chi connectivity index (χ4n) is 3.11. The van der Waals surface area contributed by atoms with Crippen molar-refractivity contribution in [3.8, 4) is 0 Å². The zero-order valence-electron chi connectivity index (χ0n) is 12.4. The van der Waals surface area contributed by atoms with Crippen molar-refractivity contribution in [2.45, 2.75) is 38.3 Å². The van der Waals surface area contributed by atoms with Crippen molar-refractivity contribution in [1.29, 1.82) is 0 Å². The van der Waals surface area contributed by atoms with E-state index >= 15 is 0 Å². The van der Waals surface area contributed by atoms with E-state index in [2.05, 4.69) is 16.8 Å². The van der Waals surface area contributed by atoms with Crippen molar-refractivity contribution in [2.24, 2.45) is 0 Å². The molecule has 1 unspecified atom stereocenters. The molecule has 2 heterocycles. The highest BCUT2D eigenvalue weighted by Crippen LogP contribution is 2.18. The molecule has 5 heteroatoms. The van der Waals surface area contributed by atoms with Gasteiger partial charge in [0.15, 0.2) is 0 Å². The van der Waals surface area contributed by atoms with E-state index in [0.29, 0.717) is 6.04 Å². The van der Waals surface area contributed by atoms with Crippen LogP contribution < -0.4 is 0 Å². The lowest BCUT2D eigenvalue weighted by atomic mass is 10.0. The standard InChI is InChI=1S/C14H27N3O2/c1-14(2,19)13(18)17-9-7-16(8-10-17)12-5-4-6-15(3)11-12/h12,19H,4-11H2,1-3H3. The van der Waals surface area contributed by atoms with Crippen LogP contribution in [-0.2, 0) is 4.79 Å². The van der Waals surface area contributed by atoms with Crippen LogP contribution in [0.25, 0.3) is 0 Å². The van der Waals surface area contributed by atoms with Gasteiger partial charge >= 0.3 is 0 Å². The molecule has 2 aliphatic rings. The number of rotatable bonds is 2. The van der Waals surface area contributed by atoms with E-state index < -0.39 is 5.60 Å². The summed E-state index contributed by atoms with van der Waals surface area (Å²) in [6.45, 7) is 8.81. The first-order valence-corrected chi connectivity index (χ1v) is 7.32. The number of piperidine rings is 1. The third-order valence-corrected chi connectivity index (χ3v) is 4.24. The molecule has 19 heavy (non-hydrogen) atoms. The maximum absolute atomic E-state index is 12.0. The molecular formula is C14H27N3O2. The monoisotopic (exact) mass is 269 g/mol. The molecular weight excluding hydrogens is 242 g/mol. The summed E-state index contributed by atoms with van der Waals surface area (Å²) in [5.74, 6) is -0.145. The predicted octanol–water partition coefficient (Wildman–Crippen LogP) is -0.00430. The molecule has 2 saturated heterocycles. The Hall–Kier alpha value is -0.650. The number of hydrogen-bond acceptors (Lipinski definition) is 4. The van der Waals surface area contributed by atoms with Crippen molar-refractivity contribution in [2.75, 3.05) is 46.3 Å². The highest BCUT2D eigenvalue weighted by Gasteiger charge is 2.33. The lowest BCUT2D eigenvalue weighted by Gasteiger charge is -2.43. The molecule has 1 atom stereocenters. The van der Waals surface area contributed by atoms with E-state index in [1.165, 1.54) is 19.4 Å². The molecule has 2 rings (SSSR count). The minimum atomic E-state index is -1.24. The van der Waals surface area contributed by atoms with E-state index in [1.54, 1.807) is 18.7 Å². The number of aliphatic hydroxyl groups is 1. The average molecular weight is 269 g/mol. The molecule has 1 amide bonds. The van der Waals surface area contributed by atoms with Crippen molar-refractivity contribution >= 4 is 5.91 Å². The highest BCUT2D eigenvalue weighted by molar-refractivity contribution is 5.84. The molecule has 2 aliphatic heterocycles. The minimum absolute atomic E-state index is 0.145. The average Bonchev–Trinajstić information content (AvgIpc) is 2.37. The minimum Gasteiger partial charge on any atom is -0.381 e. The molecule has 0 radical (unpaired) electrons. The number of piperazine rings is 1. The largest absolute Gasteiger partial charge is 0.381 e. The Morgan fingerprint density at radius 3 is 2.32 bits per heavy atom. The fraction of sp³-hybridized carbons (Fsp3) is 0.929. The second kappa shape index (κ2) is 5.77. The van der Waals surface area contributed by atoms with Gasteiger partial charge in [0.05, 0.1) is 0 Å². The normalized spacial score (nSPS) is 27.6. The first-order chi connectivity index (χ1) is 8.88. The van der Waals surface area contributed by atoms with Gasteiger partial charge < -0.3 is 14.9 Å². The molecule has 0 bridgehead atoms. The Morgan fingerprint density at radius 2 is 1.79 bits per heavy atom. The van der Waals surface area contributed by atoms with E-state index in [1.807, 2.05) is 0 Å². The van der Waals surface area contributed by atoms with Gasteiger partial charge in [-0.15, -0.1) is 0 Å². The van der Waals surface area contributed by atoms with Crippen molar-refractivity contribution in [3.63, 3.8) is 0 Å². The molecule has 0 spiro atoms. The third-order valence-electron chi connectivity index (χ3n) is 4.24. The van der Waals surface area contributed by atoms with Crippen LogP contribution in [-0.4, -0.2) is 83.7 Å². The molecule has 0 aromatic rings. The smallest absolute Gasteiger partial charge is 0.254 e. The van der Waals surface area contributed by atoms with Gasteiger partial charge in [-0.3, -0.25) is 9.69 Å². The molecule has 2 fully saturated rings. The van der Waals surface area contributed by atoms with Crippen LogP contribution in [0.3, 0.4) is 0 Å². The van der Waals surface area contributed by atoms with Gasteiger partial charge in [0.25, 0.3) is 5.91 Å². The van der Waals surface area contributed by atoms with E-state index in [4.69, 9.17) is 0 Å². The lowest BCUT2D eigenvalue weighted by Crippen LogP contribution is -2.58. The van der Waals surface area contributed by atoms with Gasteiger partial charge in [0.1, 0.15) is 5.60 Å². The van der Waals surface area contributed by atoms with Crippen LogP contribution in [0.15, 0.2) is 0 Å². The fourth-order valence-corrected chi connectivity index (χ4v) is 3.11. The van der Waals surface area contributed by atoms with Crippen molar-refractivity contribution < 1.29 is 9.90 Å². The SMILES string of the molecule is CN1CCCC(N2CCN(C(=O)C(C)(C)O)CC2)C1. The first-order valence-electron chi connectivity index (χ1n) is 7.32. The molecule has 1 N–H and O–H groups in total. The van der Waals surface area contributed by atoms with Crippen LogP contribution >= 0.6 is 0 Å². The summed E-state index contributed by atoms with van der Waals surface area (Å²) in [6.07, 6.45) is 2.54. The topological polar surface area (TPSA) is 47.0 Å². The molecule has 0 aromatic carbocycles.